The molecule has 1 N–H and O–H groups in total. The number of carbonyl (C=O) groups excluding carboxylic acids is 2. The van der Waals surface area contributed by atoms with Gasteiger partial charge in [-0.25, -0.2) is 4.39 Å². The Kier molecular flexibility index (Phi) is 7.02. The fraction of sp³-hybridized carbons (Fsp3) is 0.364. The topological polar surface area (TPSA) is 70.1 Å². The van der Waals surface area contributed by atoms with E-state index in [1.54, 1.807) is 23.1 Å². The molecular formula is C22H22F4N2O4. The summed E-state index contributed by atoms with van der Waals surface area (Å²) in [6.45, 7) is 0.425. The van der Waals surface area contributed by atoms with E-state index in [0.717, 1.165) is 12.1 Å². The summed E-state index contributed by atoms with van der Waals surface area (Å²) >= 11 is 0. The first-order valence-corrected chi connectivity index (χ1v) is 9.89. The number of esters is 1. The largest absolute Gasteiger partial charge is 0.455 e. The van der Waals surface area contributed by atoms with Crippen molar-refractivity contribution in [2.24, 2.45) is 0 Å². The number of rotatable bonds is 6. The van der Waals surface area contributed by atoms with Crippen molar-refractivity contribution < 1.29 is 37.0 Å². The number of anilines is 1. The van der Waals surface area contributed by atoms with Gasteiger partial charge in [0.25, 0.3) is 5.91 Å². The molecule has 32 heavy (non-hydrogen) atoms. The highest BCUT2D eigenvalue weighted by molar-refractivity contribution is 5.81. The molecule has 172 valence electrons. The highest BCUT2D eigenvalue weighted by atomic mass is 19.4. The summed E-state index contributed by atoms with van der Waals surface area (Å²) in [5.74, 6) is -2.31. The van der Waals surface area contributed by atoms with Gasteiger partial charge in [0, 0.05) is 26.2 Å². The van der Waals surface area contributed by atoms with Crippen LogP contribution in [0.2, 0.25) is 0 Å². The van der Waals surface area contributed by atoms with Crippen LogP contribution >= 0.6 is 0 Å². The maximum absolute atomic E-state index is 13.9. The number of para-hydroxylation sites is 1. The highest BCUT2D eigenvalue weighted by Gasteiger charge is 2.56. The smallest absolute Gasteiger partial charge is 0.422 e. The Morgan fingerprint density at radius 1 is 0.938 bits per heavy atom. The number of nitrogens with zero attached hydrogens (tertiary/aromatic N) is 2. The average molecular weight is 454 g/mol. The predicted molar refractivity (Wildman–Crippen MR) is 107 cm³/mol. The Morgan fingerprint density at radius 2 is 1.53 bits per heavy atom. The van der Waals surface area contributed by atoms with E-state index < -0.39 is 42.2 Å². The zero-order valence-electron chi connectivity index (χ0n) is 17.0. The van der Waals surface area contributed by atoms with Crippen LogP contribution in [0.4, 0.5) is 23.2 Å². The third kappa shape index (κ3) is 5.18. The lowest BCUT2D eigenvalue weighted by Gasteiger charge is -2.36. The molecule has 10 heteroatoms. The summed E-state index contributed by atoms with van der Waals surface area (Å²) in [5.41, 5.74) is -3.52. The number of aliphatic hydroxyl groups is 1. The molecule has 1 saturated heterocycles. The van der Waals surface area contributed by atoms with Gasteiger partial charge >= 0.3 is 12.1 Å². The summed E-state index contributed by atoms with van der Waals surface area (Å²) in [5, 5.41) is 10.2. The average Bonchev–Trinajstić information content (AvgIpc) is 2.78. The molecule has 1 aliphatic heterocycles. The predicted octanol–water partition coefficient (Wildman–Crippen LogP) is 2.86. The Morgan fingerprint density at radius 3 is 2.12 bits per heavy atom. The molecular weight excluding hydrogens is 432 g/mol. The first-order chi connectivity index (χ1) is 15.1. The van der Waals surface area contributed by atoms with E-state index in [2.05, 4.69) is 0 Å². The lowest BCUT2D eigenvalue weighted by molar-refractivity contribution is -0.269. The molecule has 2 aromatic rings. The van der Waals surface area contributed by atoms with Crippen molar-refractivity contribution in [3.8, 4) is 0 Å². The molecule has 1 amide bonds. The Bertz CT molecular complexity index is 946. The lowest BCUT2D eigenvalue weighted by atomic mass is 9.90. The molecule has 0 radical (unpaired) electrons. The van der Waals surface area contributed by atoms with Crippen LogP contribution in [-0.4, -0.2) is 60.8 Å². The van der Waals surface area contributed by atoms with Gasteiger partial charge in [-0.05, 0) is 17.7 Å². The van der Waals surface area contributed by atoms with E-state index in [0.29, 0.717) is 18.8 Å². The molecule has 0 saturated carbocycles. The van der Waals surface area contributed by atoms with Crippen LogP contribution in [0.5, 0.6) is 0 Å². The minimum Gasteiger partial charge on any atom is -0.455 e. The SMILES string of the molecule is O=C(CC(O)(c1ccccc1)C(F)(F)F)OCC(=O)N1CCN(c2ccccc2F)CC1. The summed E-state index contributed by atoms with van der Waals surface area (Å²) in [6.07, 6.45) is -6.50. The minimum absolute atomic E-state index is 0.237. The molecule has 0 spiro atoms. The molecule has 1 fully saturated rings. The van der Waals surface area contributed by atoms with Crippen LogP contribution < -0.4 is 4.90 Å². The van der Waals surface area contributed by atoms with Gasteiger partial charge in [0.2, 0.25) is 0 Å². The van der Waals surface area contributed by atoms with Gasteiger partial charge in [0.1, 0.15) is 5.82 Å². The summed E-state index contributed by atoms with van der Waals surface area (Å²) < 4.78 is 59.1. The Hall–Kier alpha value is -3.14. The van der Waals surface area contributed by atoms with Crippen LogP contribution in [0.15, 0.2) is 54.6 Å². The number of hydrogen-bond donors (Lipinski definition) is 1. The van der Waals surface area contributed by atoms with E-state index in [4.69, 9.17) is 4.74 Å². The maximum Gasteiger partial charge on any atom is 0.422 e. The van der Waals surface area contributed by atoms with Gasteiger partial charge in [0.05, 0.1) is 12.1 Å². The van der Waals surface area contributed by atoms with E-state index in [-0.39, 0.29) is 18.9 Å². The number of alkyl halides is 3. The summed E-state index contributed by atoms with van der Waals surface area (Å²) in [4.78, 5) is 27.5. The minimum atomic E-state index is -5.12. The van der Waals surface area contributed by atoms with E-state index in [1.165, 1.54) is 29.2 Å². The van der Waals surface area contributed by atoms with Crippen molar-refractivity contribution in [2.45, 2.75) is 18.2 Å². The van der Waals surface area contributed by atoms with Crippen LogP contribution in [0.3, 0.4) is 0 Å². The number of piperazine rings is 1. The number of hydrogen-bond acceptors (Lipinski definition) is 5. The number of halogens is 4. The van der Waals surface area contributed by atoms with Crippen molar-refractivity contribution in [1.82, 2.24) is 4.90 Å². The Balaban J connectivity index is 1.53. The van der Waals surface area contributed by atoms with Crippen molar-refractivity contribution in [3.63, 3.8) is 0 Å². The second kappa shape index (κ2) is 9.56. The number of amides is 1. The summed E-state index contributed by atoms with van der Waals surface area (Å²) in [7, 11) is 0. The highest BCUT2D eigenvalue weighted by Crippen LogP contribution is 2.41. The normalized spacial score (nSPS) is 16.4. The number of carbonyl (C=O) groups is 2. The molecule has 2 aromatic carbocycles. The second-order valence-electron chi connectivity index (χ2n) is 7.38. The van der Waals surface area contributed by atoms with Gasteiger partial charge in [0.15, 0.2) is 12.2 Å². The fourth-order valence-electron chi connectivity index (χ4n) is 3.48. The zero-order chi connectivity index (χ0) is 23.4. The quantitative estimate of drug-likeness (QED) is 0.537. The van der Waals surface area contributed by atoms with Crippen LogP contribution in [-0.2, 0) is 19.9 Å². The third-order valence-electron chi connectivity index (χ3n) is 5.30. The van der Waals surface area contributed by atoms with Crippen molar-refractivity contribution >= 4 is 17.6 Å². The van der Waals surface area contributed by atoms with Crippen molar-refractivity contribution in [1.29, 1.82) is 0 Å². The first kappa shape index (κ1) is 23.5. The van der Waals surface area contributed by atoms with E-state index in [9.17, 15) is 32.3 Å². The fourth-order valence-corrected chi connectivity index (χ4v) is 3.48. The first-order valence-electron chi connectivity index (χ1n) is 9.89. The molecule has 1 unspecified atom stereocenters. The monoisotopic (exact) mass is 454 g/mol. The van der Waals surface area contributed by atoms with Gasteiger partial charge < -0.3 is 19.6 Å². The second-order valence-corrected chi connectivity index (χ2v) is 7.38. The molecule has 6 nitrogen and oxygen atoms in total. The number of benzene rings is 2. The molecule has 1 aliphatic rings. The van der Waals surface area contributed by atoms with Crippen LogP contribution in [0.1, 0.15) is 12.0 Å². The lowest BCUT2D eigenvalue weighted by Crippen LogP contribution is -2.50. The van der Waals surface area contributed by atoms with E-state index in [1.807, 2.05) is 0 Å². The van der Waals surface area contributed by atoms with Gasteiger partial charge in [-0.15, -0.1) is 0 Å². The molecule has 3 rings (SSSR count). The summed E-state index contributed by atoms with van der Waals surface area (Å²) in [6, 6.07) is 12.4. The molecule has 1 heterocycles. The zero-order valence-corrected chi connectivity index (χ0v) is 17.0. The van der Waals surface area contributed by atoms with Crippen LogP contribution in [0, 0.1) is 5.82 Å². The van der Waals surface area contributed by atoms with E-state index >= 15 is 0 Å². The van der Waals surface area contributed by atoms with Gasteiger partial charge in [-0.3, -0.25) is 9.59 Å². The molecule has 0 bridgehead atoms. The third-order valence-corrected chi connectivity index (χ3v) is 5.30. The standard InChI is InChI=1S/C22H22F4N2O4/c23-17-8-4-5-9-18(17)27-10-12-28(13-11-27)19(29)15-32-20(30)14-21(31,22(24,25)26)16-6-2-1-3-7-16/h1-9,31H,10-15H2. The number of ether oxygens (including phenoxy) is 1. The van der Waals surface area contributed by atoms with Crippen molar-refractivity contribution in [2.75, 3.05) is 37.7 Å². The van der Waals surface area contributed by atoms with Gasteiger partial charge in [-0.2, -0.15) is 13.2 Å². The maximum atomic E-state index is 13.9. The molecule has 0 aromatic heterocycles. The molecule has 1 atom stereocenters. The van der Waals surface area contributed by atoms with Crippen molar-refractivity contribution in [3.05, 3.63) is 66.0 Å². The van der Waals surface area contributed by atoms with Gasteiger partial charge in [-0.1, -0.05) is 42.5 Å². The Labute approximate surface area is 182 Å². The molecule has 0 aliphatic carbocycles. The van der Waals surface area contributed by atoms with Crippen LogP contribution in [0.25, 0.3) is 0 Å².